The van der Waals surface area contributed by atoms with Crippen molar-refractivity contribution in [1.29, 1.82) is 0 Å². The fraction of sp³-hybridized carbons (Fsp3) is 0.750. The van der Waals surface area contributed by atoms with Crippen LogP contribution in [0.3, 0.4) is 0 Å². The van der Waals surface area contributed by atoms with Gasteiger partial charge in [0.2, 0.25) is 0 Å². The maximum atomic E-state index is 13.5. The Morgan fingerprint density at radius 3 is 2.25 bits per heavy atom. The third-order valence-corrected chi connectivity index (χ3v) is 5.09. The predicted molar refractivity (Wildman–Crippen MR) is 82.9 cm³/mol. The molecule has 1 saturated heterocycles. The molecule has 5 nitrogen and oxygen atoms in total. The van der Waals surface area contributed by atoms with Gasteiger partial charge in [-0.3, -0.25) is 9.48 Å². The van der Waals surface area contributed by atoms with Gasteiger partial charge in [-0.05, 0) is 26.8 Å². The van der Waals surface area contributed by atoms with E-state index in [9.17, 15) is 18.0 Å². The zero-order valence-corrected chi connectivity index (χ0v) is 14.1. The number of likely N-dealkylation sites (N-methyl/N-ethyl adjacent to an activating group) is 1. The Hall–Kier alpha value is -1.57. The molecule has 1 amide bonds. The smallest absolute Gasteiger partial charge is 0.336 e. The predicted octanol–water partition coefficient (Wildman–Crippen LogP) is 2.71. The molecule has 2 aliphatic rings. The minimum absolute atomic E-state index is 0.0276. The number of nitrogens with zero attached hydrogens (tertiary/aromatic N) is 4. The van der Waals surface area contributed by atoms with E-state index in [1.54, 1.807) is 6.92 Å². The molecule has 0 N–H and O–H groups in total. The number of halogens is 3. The highest BCUT2D eigenvalue weighted by molar-refractivity contribution is 5.96. The monoisotopic (exact) mass is 344 g/mol. The lowest BCUT2D eigenvalue weighted by molar-refractivity contribution is -0.142. The third-order valence-electron chi connectivity index (χ3n) is 5.09. The van der Waals surface area contributed by atoms with Gasteiger partial charge in [-0.2, -0.15) is 18.3 Å². The van der Waals surface area contributed by atoms with Crippen molar-refractivity contribution >= 4 is 5.91 Å². The normalized spacial score (nSPS) is 20.8. The molecule has 0 radical (unpaired) electrons. The molecule has 2 heterocycles. The van der Waals surface area contributed by atoms with E-state index in [1.807, 2.05) is 7.05 Å². The number of carbonyl (C=O) groups is 1. The molecule has 0 aromatic carbocycles. The number of amides is 1. The topological polar surface area (TPSA) is 41.4 Å². The van der Waals surface area contributed by atoms with Crippen LogP contribution in [0.25, 0.3) is 0 Å². The largest absolute Gasteiger partial charge is 0.435 e. The summed E-state index contributed by atoms with van der Waals surface area (Å²) in [6.07, 6.45) is -0.990. The van der Waals surface area contributed by atoms with Crippen LogP contribution in [0.1, 0.15) is 53.5 Å². The molecular formula is C16H23F3N4O. The molecule has 134 valence electrons. The second-order valence-corrected chi connectivity index (χ2v) is 6.79. The van der Waals surface area contributed by atoms with Crippen LogP contribution in [0, 0.1) is 6.92 Å². The van der Waals surface area contributed by atoms with E-state index in [0.29, 0.717) is 31.9 Å². The first-order chi connectivity index (χ1) is 11.3. The Kier molecular flexibility index (Phi) is 4.59. The summed E-state index contributed by atoms with van der Waals surface area (Å²) in [5.41, 5.74) is -0.951. The summed E-state index contributed by atoms with van der Waals surface area (Å²) in [6.45, 7) is 3.82. The summed E-state index contributed by atoms with van der Waals surface area (Å²) < 4.78 is 41.8. The minimum atomic E-state index is -4.62. The van der Waals surface area contributed by atoms with Crippen LogP contribution in [0.4, 0.5) is 13.2 Å². The van der Waals surface area contributed by atoms with Crippen LogP contribution < -0.4 is 0 Å². The van der Waals surface area contributed by atoms with E-state index in [0.717, 1.165) is 25.7 Å². The van der Waals surface area contributed by atoms with Crippen molar-refractivity contribution in [3.8, 4) is 0 Å². The van der Waals surface area contributed by atoms with E-state index < -0.39 is 17.8 Å². The Morgan fingerprint density at radius 1 is 1.12 bits per heavy atom. The lowest BCUT2D eigenvalue weighted by atomic mass is 10.1. The van der Waals surface area contributed by atoms with Crippen LogP contribution >= 0.6 is 0 Å². The molecule has 0 atom stereocenters. The summed E-state index contributed by atoms with van der Waals surface area (Å²) in [5.74, 6) is -0.544. The van der Waals surface area contributed by atoms with Gasteiger partial charge in [0.05, 0.1) is 11.6 Å². The molecule has 0 bridgehead atoms. The lowest BCUT2D eigenvalue weighted by Crippen LogP contribution is -2.47. The molecule has 2 fully saturated rings. The van der Waals surface area contributed by atoms with E-state index in [1.165, 1.54) is 9.58 Å². The van der Waals surface area contributed by atoms with Gasteiger partial charge in [0.1, 0.15) is 0 Å². The van der Waals surface area contributed by atoms with Gasteiger partial charge >= 0.3 is 6.18 Å². The second-order valence-electron chi connectivity index (χ2n) is 6.79. The molecule has 24 heavy (non-hydrogen) atoms. The summed E-state index contributed by atoms with van der Waals surface area (Å²) in [6, 6.07) is -0.0276. The summed E-state index contributed by atoms with van der Waals surface area (Å²) in [7, 11) is 1.94. The maximum absolute atomic E-state index is 13.5. The van der Waals surface area contributed by atoms with Gasteiger partial charge in [-0.25, -0.2) is 0 Å². The second kappa shape index (κ2) is 6.38. The first-order valence-corrected chi connectivity index (χ1v) is 8.43. The van der Waals surface area contributed by atoms with Crippen molar-refractivity contribution in [2.75, 3.05) is 33.2 Å². The SMILES string of the molecule is Cc1c(C(=O)N2CCN(C)CC2)c(C(F)(F)F)nn1C1CCCC1. The molecule has 1 aromatic heterocycles. The van der Waals surface area contributed by atoms with Crippen molar-refractivity contribution in [2.45, 2.75) is 44.8 Å². The van der Waals surface area contributed by atoms with Crippen LogP contribution in [-0.2, 0) is 6.18 Å². The number of hydrogen-bond donors (Lipinski definition) is 0. The number of aromatic nitrogens is 2. The van der Waals surface area contributed by atoms with E-state index >= 15 is 0 Å². The van der Waals surface area contributed by atoms with Gasteiger partial charge < -0.3 is 9.80 Å². The number of piperazine rings is 1. The molecule has 1 aliphatic carbocycles. The van der Waals surface area contributed by atoms with Crippen molar-refractivity contribution in [3.63, 3.8) is 0 Å². The lowest BCUT2D eigenvalue weighted by Gasteiger charge is -2.32. The quantitative estimate of drug-likeness (QED) is 0.828. The Bertz CT molecular complexity index is 612. The number of hydrogen-bond acceptors (Lipinski definition) is 3. The minimum Gasteiger partial charge on any atom is -0.336 e. The Morgan fingerprint density at radius 2 is 1.71 bits per heavy atom. The molecule has 1 aromatic rings. The molecule has 0 unspecified atom stereocenters. The molecule has 8 heteroatoms. The van der Waals surface area contributed by atoms with Gasteiger partial charge in [0.25, 0.3) is 5.91 Å². The van der Waals surface area contributed by atoms with Gasteiger partial charge in [0.15, 0.2) is 5.69 Å². The first kappa shape index (κ1) is 17.3. The fourth-order valence-electron chi connectivity index (χ4n) is 3.65. The first-order valence-electron chi connectivity index (χ1n) is 8.43. The summed E-state index contributed by atoms with van der Waals surface area (Å²) >= 11 is 0. The van der Waals surface area contributed by atoms with Gasteiger partial charge in [-0.1, -0.05) is 12.8 Å². The van der Waals surface area contributed by atoms with Crippen molar-refractivity contribution < 1.29 is 18.0 Å². The Labute approximate surface area is 139 Å². The third kappa shape index (κ3) is 3.16. The number of carbonyl (C=O) groups excluding carboxylic acids is 1. The highest BCUT2D eigenvalue weighted by atomic mass is 19.4. The van der Waals surface area contributed by atoms with E-state index in [2.05, 4.69) is 10.00 Å². The van der Waals surface area contributed by atoms with E-state index in [-0.39, 0.29) is 11.6 Å². The number of rotatable bonds is 2. The van der Waals surface area contributed by atoms with Crippen LogP contribution in [0.15, 0.2) is 0 Å². The molecule has 1 saturated carbocycles. The standard InChI is InChI=1S/C16H23F3N4O/c1-11-13(15(24)22-9-7-21(2)8-10-22)14(16(17,18)19)20-23(11)12-5-3-4-6-12/h12H,3-10H2,1-2H3. The summed E-state index contributed by atoms with van der Waals surface area (Å²) in [4.78, 5) is 16.3. The highest BCUT2D eigenvalue weighted by Gasteiger charge is 2.42. The zero-order chi connectivity index (χ0) is 17.5. The van der Waals surface area contributed by atoms with E-state index in [4.69, 9.17) is 0 Å². The molecule has 3 rings (SSSR count). The Balaban J connectivity index is 1.97. The fourth-order valence-corrected chi connectivity index (χ4v) is 3.65. The maximum Gasteiger partial charge on any atom is 0.435 e. The van der Waals surface area contributed by atoms with Crippen LogP contribution in [0.2, 0.25) is 0 Å². The molecular weight excluding hydrogens is 321 g/mol. The molecule has 0 spiro atoms. The highest BCUT2D eigenvalue weighted by Crippen LogP contribution is 2.37. The molecule has 1 aliphatic heterocycles. The number of alkyl halides is 3. The average molecular weight is 344 g/mol. The van der Waals surface area contributed by atoms with Gasteiger partial charge in [0, 0.05) is 31.9 Å². The zero-order valence-electron chi connectivity index (χ0n) is 14.1. The van der Waals surface area contributed by atoms with Crippen molar-refractivity contribution in [3.05, 3.63) is 17.0 Å². The summed E-state index contributed by atoms with van der Waals surface area (Å²) in [5, 5.41) is 3.83. The van der Waals surface area contributed by atoms with Crippen LogP contribution in [0.5, 0.6) is 0 Å². The van der Waals surface area contributed by atoms with Crippen LogP contribution in [-0.4, -0.2) is 58.7 Å². The van der Waals surface area contributed by atoms with Crippen molar-refractivity contribution in [2.24, 2.45) is 0 Å². The van der Waals surface area contributed by atoms with Gasteiger partial charge in [-0.15, -0.1) is 0 Å². The van der Waals surface area contributed by atoms with Crippen molar-refractivity contribution in [1.82, 2.24) is 19.6 Å². The average Bonchev–Trinajstić information content (AvgIpc) is 3.14.